The van der Waals surface area contributed by atoms with Crippen LogP contribution in [0.3, 0.4) is 0 Å². The van der Waals surface area contributed by atoms with Gasteiger partial charge in [-0.1, -0.05) is 36.4 Å². The minimum Gasteiger partial charge on any atom is -0.351 e. The highest BCUT2D eigenvalue weighted by molar-refractivity contribution is 5.98. The Bertz CT molecular complexity index is 849. The maximum Gasteiger partial charge on any atom is 0.453 e. The summed E-state index contributed by atoms with van der Waals surface area (Å²) >= 11 is 0. The van der Waals surface area contributed by atoms with Gasteiger partial charge in [-0.25, -0.2) is 0 Å². The van der Waals surface area contributed by atoms with Crippen LogP contribution in [0.2, 0.25) is 0 Å². The summed E-state index contributed by atoms with van der Waals surface area (Å²) < 4.78 is 52.5. The first-order valence-electron chi connectivity index (χ1n) is 9.10. The van der Waals surface area contributed by atoms with Crippen LogP contribution in [0, 0.1) is 0 Å². The van der Waals surface area contributed by atoms with Gasteiger partial charge in [0.25, 0.3) is 0 Å². The zero-order valence-corrected chi connectivity index (χ0v) is 15.3. The number of fused-ring (bicyclic) bond motifs is 1. The number of carbonyl (C=O) groups is 1. The molecule has 0 aromatic heterocycles. The number of alkyl halides is 4. The second kappa shape index (κ2) is 7.54. The second-order valence-electron chi connectivity index (χ2n) is 7.04. The fraction of sp³-hybridized carbons (Fsp3) is 0.381. The first-order chi connectivity index (χ1) is 13.1. The number of hydrogen-bond donors (Lipinski definition) is 1. The molecule has 7 heteroatoms. The molecule has 2 atom stereocenters. The van der Waals surface area contributed by atoms with Gasteiger partial charge in [-0.15, -0.1) is 0 Å². The van der Waals surface area contributed by atoms with Crippen LogP contribution in [0.5, 0.6) is 0 Å². The van der Waals surface area contributed by atoms with Gasteiger partial charge in [-0.05, 0) is 49.4 Å². The molecule has 0 spiro atoms. The number of halogens is 4. The summed E-state index contributed by atoms with van der Waals surface area (Å²) in [7, 11) is 0. The van der Waals surface area contributed by atoms with Gasteiger partial charge in [0.2, 0.25) is 5.91 Å². The number of nitrogens with zero attached hydrogens (tertiary/aromatic N) is 1. The van der Waals surface area contributed by atoms with Crippen molar-refractivity contribution in [2.24, 2.45) is 0 Å². The third kappa shape index (κ3) is 3.76. The molecule has 2 aromatic rings. The Morgan fingerprint density at radius 3 is 2.39 bits per heavy atom. The maximum absolute atomic E-state index is 14.0. The van der Waals surface area contributed by atoms with E-state index < -0.39 is 23.5 Å². The van der Waals surface area contributed by atoms with Crippen LogP contribution in [0.15, 0.2) is 48.5 Å². The van der Waals surface area contributed by atoms with E-state index in [1.54, 1.807) is 11.8 Å². The number of hydrogen-bond acceptors (Lipinski definition) is 2. The molecule has 1 aliphatic rings. The standard InChI is InChI=1S/C21H21F4NO2/c1-14(15-7-3-2-4-8-15)19(27)26-12-6-5-9-16-13-17(10-11-18(16)26)20(22,28)21(23,24)25/h2-4,7-8,10-11,13-14,28H,5-6,9,12H2,1H3/t14-,20?/m1/s1. The Morgan fingerprint density at radius 1 is 1.07 bits per heavy atom. The van der Waals surface area contributed by atoms with Crippen molar-refractivity contribution < 1.29 is 27.5 Å². The summed E-state index contributed by atoms with van der Waals surface area (Å²) in [5.74, 6) is -5.03. The first kappa shape index (κ1) is 20.3. The lowest BCUT2D eigenvalue weighted by atomic mass is 9.97. The molecular formula is C21H21F4NO2. The fourth-order valence-electron chi connectivity index (χ4n) is 3.47. The van der Waals surface area contributed by atoms with Crippen molar-refractivity contribution in [3.63, 3.8) is 0 Å². The summed E-state index contributed by atoms with van der Waals surface area (Å²) in [6.45, 7) is 2.21. The van der Waals surface area contributed by atoms with E-state index in [9.17, 15) is 27.5 Å². The van der Waals surface area contributed by atoms with Crippen molar-refractivity contribution >= 4 is 11.6 Å². The van der Waals surface area contributed by atoms with Gasteiger partial charge in [-0.2, -0.15) is 17.6 Å². The smallest absolute Gasteiger partial charge is 0.351 e. The van der Waals surface area contributed by atoms with Gasteiger partial charge in [0, 0.05) is 17.8 Å². The van der Waals surface area contributed by atoms with E-state index in [1.165, 1.54) is 6.07 Å². The molecule has 0 radical (unpaired) electrons. The number of benzene rings is 2. The number of anilines is 1. The molecule has 2 aromatic carbocycles. The lowest BCUT2D eigenvalue weighted by molar-refractivity contribution is -0.323. The summed E-state index contributed by atoms with van der Waals surface area (Å²) in [6.07, 6.45) is -3.71. The molecular weight excluding hydrogens is 374 g/mol. The molecule has 1 aliphatic heterocycles. The van der Waals surface area contributed by atoms with Gasteiger partial charge in [0.05, 0.1) is 5.92 Å². The number of rotatable bonds is 3. The molecule has 0 fully saturated rings. The van der Waals surface area contributed by atoms with Crippen molar-refractivity contribution in [1.29, 1.82) is 0 Å². The average Bonchev–Trinajstić information content (AvgIpc) is 2.88. The largest absolute Gasteiger partial charge is 0.453 e. The van der Waals surface area contributed by atoms with Crippen molar-refractivity contribution in [2.75, 3.05) is 11.4 Å². The lowest BCUT2D eigenvalue weighted by Gasteiger charge is -2.28. The van der Waals surface area contributed by atoms with E-state index in [2.05, 4.69) is 0 Å². The van der Waals surface area contributed by atoms with Gasteiger partial charge in [-0.3, -0.25) is 4.79 Å². The van der Waals surface area contributed by atoms with E-state index in [-0.39, 0.29) is 5.91 Å². The van der Waals surface area contributed by atoms with Gasteiger partial charge in [0.1, 0.15) is 0 Å². The summed E-state index contributed by atoms with van der Waals surface area (Å²) in [5, 5.41) is 9.33. The molecule has 3 nitrogen and oxygen atoms in total. The Labute approximate surface area is 160 Å². The van der Waals surface area contributed by atoms with Crippen LogP contribution < -0.4 is 4.90 Å². The normalized spacial score (nSPS) is 18.0. The predicted molar refractivity (Wildman–Crippen MR) is 97.6 cm³/mol. The third-order valence-electron chi connectivity index (χ3n) is 5.14. The highest BCUT2D eigenvalue weighted by atomic mass is 19.4. The van der Waals surface area contributed by atoms with E-state index in [0.29, 0.717) is 37.1 Å². The zero-order valence-electron chi connectivity index (χ0n) is 15.3. The maximum atomic E-state index is 14.0. The van der Waals surface area contributed by atoms with Crippen molar-refractivity contribution in [1.82, 2.24) is 0 Å². The number of carbonyl (C=O) groups excluding carboxylic acids is 1. The molecule has 150 valence electrons. The van der Waals surface area contributed by atoms with Gasteiger partial charge in [0.15, 0.2) is 0 Å². The topological polar surface area (TPSA) is 40.5 Å². The molecule has 28 heavy (non-hydrogen) atoms. The van der Waals surface area contributed by atoms with Crippen molar-refractivity contribution in [3.8, 4) is 0 Å². The van der Waals surface area contributed by atoms with E-state index in [0.717, 1.165) is 17.7 Å². The monoisotopic (exact) mass is 395 g/mol. The van der Waals surface area contributed by atoms with Crippen LogP contribution in [0.25, 0.3) is 0 Å². The quantitative estimate of drug-likeness (QED) is 0.756. The van der Waals surface area contributed by atoms with Crippen LogP contribution in [0.4, 0.5) is 23.2 Å². The Morgan fingerprint density at radius 2 is 1.75 bits per heavy atom. The summed E-state index contributed by atoms with van der Waals surface area (Å²) in [6, 6.07) is 12.4. The number of amides is 1. The van der Waals surface area contributed by atoms with Gasteiger partial charge < -0.3 is 10.0 Å². The number of aryl methyl sites for hydroxylation is 1. The molecule has 0 aliphatic carbocycles. The second-order valence-corrected chi connectivity index (χ2v) is 7.04. The Kier molecular flexibility index (Phi) is 5.48. The predicted octanol–water partition coefficient (Wildman–Crippen LogP) is 4.84. The molecule has 1 amide bonds. The minimum absolute atomic E-state index is 0.173. The minimum atomic E-state index is -5.44. The van der Waals surface area contributed by atoms with Crippen LogP contribution in [0.1, 0.15) is 42.4 Å². The highest BCUT2D eigenvalue weighted by Gasteiger charge is 2.56. The van der Waals surface area contributed by atoms with E-state index in [1.807, 2.05) is 30.3 Å². The Hall–Kier alpha value is -2.41. The lowest BCUT2D eigenvalue weighted by Crippen LogP contribution is -2.38. The molecule has 1 N–H and O–H groups in total. The molecule has 0 saturated carbocycles. The summed E-state index contributed by atoms with van der Waals surface area (Å²) in [5.41, 5.74) is 0.852. The molecule has 0 bridgehead atoms. The van der Waals surface area contributed by atoms with Crippen LogP contribution >= 0.6 is 0 Å². The van der Waals surface area contributed by atoms with E-state index in [4.69, 9.17) is 0 Å². The summed E-state index contributed by atoms with van der Waals surface area (Å²) in [4.78, 5) is 14.6. The van der Waals surface area contributed by atoms with Crippen molar-refractivity contribution in [3.05, 3.63) is 65.2 Å². The Balaban J connectivity index is 1.96. The average molecular weight is 395 g/mol. The van der Waals surface area contributed by atoms with Crippen LogP contribution in [-0.2, 0) is 17.1 Å². The molecule has 3 rings (SSSR count). The molecule has 0 saturated heterocycles. The molecule has 1 unspecified atom stereocenters. The SMILES string of the molecule is C[C@@H](C(=O)N1CCCCc2cc(C(O)(F)C(F)(F)F)ccc21)c1ccccc1. The fourth-order valence-corrected chi connectivity index (χ4v) is 3.47. The third-order valence-corrected chi connectivity index (χ3v) is 5.14. The van der Waals surface area contributed by atoms with Crippen LogP contribution in [-0.4, -0.2) is 23.7 Å². The first-order valence-corrected chi connectivity index (χ1v) is 9.10. The zero-order chi connectivity index (χ0) is 20.5. The van der Waals surface area contributed by atoms with Gasteiger partial charge >= 0.3 is 12.0 Å². The number of aliphatic hydroxyl groups is 1. The van der Waals surface area contributed by atoms with E-state index >= 15 is 0 Å². The molecule has 1 heterocycles. The highest BCUT2D eigenvalue weighted by Crippen LogP contribution is 2.42. The van der Waals surface area contributed by atoms with Crippen molar-refractivity contribution in [2.45, 2.75) is 44.1 Å².